The van der Waals surface area contributed by atoms with E-state index in [1.54, 1.807) is 6.07 Å². The highest BCUT2D eigenvalue weighted by molar-refractivity contribution is 5.69. The molecule has 0 spiro atoms. The first-order chi connectivity index (χ1) is 10.8. The van der Waals surface area contributed by atoms with Crippen LogP contribution in [0.3, 0.4) is 0 Å². The molecule has 0 unspecified atom stereocenters. The molecule has 1 aliphatic heterocycles. The van der Waals surface area contributed by atoms with Crippen molar-refractivity contribution < 1.29 is 9.67 Å². The normalized spacial score (nSPS) is 17.6. The molecule has 3 rings (SSSR count). The predicted molar refractivity (Wildman–Crippen MR) is 93.7 cm³/mol. The Balaban J connectivity index is 2.01. The van der Waals surface area contributed by atoms with Crippen LogP contribution in [0.25, 0.3) is 0 Å². The van der Waals surface area contributed by atoms with Crippen LogP contribution in [0.2, 0.25) is 0 Å². The second-order valence-electron chi connectivity index (χ2n) is 6.86. The summed E-state index contributed by atoms with van der Waals surface area (Å²) in [6, 6.07) is 12.3. The van der Waals surface area contributed by atoms with Crippen LogP contribution in [0.1, 0.15) is 30.8 Å². The van der Waals surface area contributed by atoms with Crippen LogP contribution in [0.15, 0.2) is 48.2 Å². The predicted octanol–water partition coefficient (Wildman–Crippen LogP) is 3.38. The van der Waals surface area contributed by atoms with Gasteiger partial charge in [0, 0.05) is 36.8 Å². The van der Waals surface area contributed by atoms with E-state index in [0.29, 0.717) is 12.2 Å². The molecule has 0 saturated carbocycles. The lowest BCUT2D eigenvalue weighted by molar-refractivity contribution is -0.685. The van der Waals surface area contributed by atoms with Crippen molar-refractivity contribution in [1.29, 1.82) is 0 Å². The highest BCUT2D eigenvalue weighted by Crippen LogP contribution is 2.46. The molecule has 1 aromatic heterocycles. The van der Waals surface area contributed by atoms with E-state index in [2.05, 4.69) is 67.6 Å². The molecular formula is C20H25N2O+. The van der Waals surface area contributed by atoms with Crippen LogP contribution in [0.4, 0.5) is 5.69 Å². The van der Waals surface area contributed by atoms with E-state index in [4.69, 9.17) is 0 Å². The molecule has 0 saturated heterocycles. The lowest BCUT2D eigenvalue weighted by Gasteiger charge is -2.24. The number of pyridine rings is 1. The number of aromatic hydroxyl groups is 1. The molecule has 2 heterocycles. The molecule has 120 valence electrons. The summed E-state index contributed by atoms with van der Waals surface area (Å²) in [6.45, 7) is 6.58. The molecule has 0 bridgehead atoms. The number of hydrogen-bond acceptors (Lipinski definition) is 2. The van der Waals surface area contributed by atoms with Crippen LogP contribution < -0.4 is 9.47 Å². The summed E-state index contributed by atoms with van der Waals surface area (Å²) in [5.74, 6) is 0.353. The first-order valence-electron chi connectivity index (χ1n) is 8.05. The number of para-hydroxylation sites is 1. The van der Waals surface area contributed by atoms with E-state index in [9.17, 15) is 5.11 Å². The Kier molecular flexibility index (Phi) is 3.67. The molecule has 3 heteroatoms. The summed E-state index contributed by atoms with van der Waals surface area (Å²) in [4.78, 5) is 2.27. The van der Waals surface area contributed by atoms with Crippen molar-refractivity contribution >= 4 is 5.69 Å². The van der Waals surface area contributed by atoms with Crippen LogP contribution in [-0.2, 0) is 18.9 Å². The number of fused-ring (bicyclic) bond motifs is 1. The van der Waals surface area contributed by atoms with Gasteiger partial charge in [0.15, 0.2) is 11.4 Å². The number of aryl methyl sites for hydroxylation is 1. The Morgan fingerprint density at radius 3 is 2.57 bits per heavy atom. The molecule has 0 atom stereocenters. The van der Waals surface area contributed by atoms with Gasteiger partial charge in [-0.3, -0.25) is 0 Å². The smallest absolute Gasteiger partial charge is 0.227 e. The van der Waals surface area contributed by atoms with Crippen molar-refractivity contribution in [3.63, 3.8) is 0 Å². The van der Waals surface area contributed by atoms with Crippen molar-refractivity contribution in [2.75, 3.05) is 11.9 Å². The minimum absolute atomic E-state index is 0.0244. The van der Waals surface area contributed by atoms with Crippen LogP contribution in [-0.4, -0.2) is 12.2 Å². The summed E-state index contributed by atoms with van der Waals surface area (Å²) in [5.41, 5.74) is 5.95. The van der Waals surface area contributed by atoms with Crippen molar-refractivity contribution in [2.45, 2.75) is 32.6 Å². The van der Waals surface area contributed by atoms with Crippen molar-refractivity contribution in [3.8, 4) is 5.75 Å². The number of hydrogen-bond donors (Lipinski definition) is 1. The summed E-state index contributed by atoms with van der Waals surface area (Å²) in [5, 5.41) is 10.2. The van der Waals surface area contributed by atoms with Crippen molar-refractivity contribution in [3.05, 3.63) is 65.1 Å². The van der Waals surface area contributed by atoms with Gasteiger partial charge in [-0.15, -0.1) is 0 Å². The fraction of sp³-hybridized carbons (Fsp3) is 0.350. The van der Waals surface area contributed by atoms with E-state index in [-0.39, 0.29) is 5.41 Å². The topological polar surface area (TPSA) is 27.3 Å². The summed E-state index contributed by atoms with van der Waals surface area (Å²) in [6.07, 6.45) is 2.95. The first kappa shape index (κ1) is 15.6. The average molecular weight is 309 g/mol. The molecule has 2 aromatic rings. The average Bonchev–Trinajstić information content (AvgIpc) is 2.72. The SMILES string of the molecule is Cc1ccc(O)c(C/C=C2\N(C)c3ccccc3C2(C)C)[n+]1C. The van der Waals surface area contributed by atoms with E-state index in [1.807, 2.05) is 13.1 Å². The maximum absolute atomic E-state index is 10.2. The first-order valence-corrected chi connectivity index (χ1v) is 8.05. The standard InChI is InChI=1S/C20H24N2O/c1-14-10-12-18(23)17(21(14)4)11-13-19-20(2,3)15-8-6-7-9-16(15)22(19)5/h6-10,12-13H,11H2,1-5H3/p+1/b19-13-. The molecule has 23 heavy (non-hydrogen) atoms. The third kappa shape index (κ3) is 2.40. The summed E-state index contributed by atoms with van der Waals surface area (Å²) >= 11 is 0. The van der Waals surface area contributed by atoms with Gasteiger partial charge in [0.25, 0.3) is 0 Å². The minimum Gasteiger partial charge on any atom is -0.502 e. The van der Waals surface area contributed by atoms with Gasteiger partial charge in [-0.25, -0.2) is 0 Å². The van der Waals surface area contributed by atoms with Gasteiger partial charge in [0.05, 0.1) is 6.42 Å². The zero-order valence-electron chi connectivity index (χ0n) is 14.6. The molecule has 0 fully saturated rings. The number of nitrogens with zero attached hydrogens (tertiary/aromatic N) is 2. The maximum Gasteiger partial charge on any atom is 0.227 e. The van der Waals surface area contributed by atoms with E-state index < -0.39 is 0 Å². The molecule has 0 aliphatic carbocycles. The van der Waals surface area contributed by atoms with E-state index in [1.165, 1.54) is 16.9 Å². The lowest BCUT2D eigenvalue weighted by Crippen LogP contribution is -2.37. The minimum atomic E-state index is -0.0244. The number of benzene rings is 1. The van der Waals surface area contributed by atoms with Gasteiger partial charge in [-0.2, -0.15) is 4.57 Å². The van der Waals surface area contributed by atoms with E-state index in [0.717, 1.165) is 11.4 Å². The van der Waals surface area contributed by atoms with E-state index >= 15 is 0 Å². The number of allylic oxidation sites excluding steroid dienone is 2. The lowest BCUT2D eigenvalue weighted by atomic mass is 9.83. The van der Waals surface area contributed by atoms with Gasteiger partial charge in [-0.05, 0) is 17.7 Å². The molecule has 1 aliphatic rings. The molecule has 0 radical (unpaired) electrons. The Labute approximate surface area is 138 Å². The van der Waals surface area contributed by atoms with Gasteiger partial charge >= 0.3 is 0 Å². The largest absolute Gasteiger partial charge is 0.502 e. The monoisotopic (exact) mass is 309 g/mol. The second-order valence-corrected chi connectivity index (χ2v) is 6.86. The molecule has 1 N–H and O–H groups in total. The van der Waals surface area contributed by atoms with Gasteiger partial charge in [0.1, 0.15) is 7.05 Å². The van der Waals surface area contributed by atoms with Gasteiger partial charge in [0.2, 0.25) is 5.69 Å². The van der Waals surface area contributed by atoms with Crippen LogP contribution >= 0.6 is 0 Å². The number of rotatable bonds is 2. The van der Waals surface area contributed by atoms with Crippen LogP contribution in [0.5, 0.6) is 5.75 Å². The highest BCUT2D eigenvalue weighted by atomic mass is 16.3. The van der Waals surface area contributed by atoms with Crippen molar-refractivity contribution in [2.24, 2.45) is 7.05 Å². The number of aromatic nitrogens is 1. The fourth-order valence-corrected chi connectivity index (χ4v) is 3.60. The summed E-state index contributed by atoms with van der Waals surface area (Å²) in [7, 11) is 4.12. The van der Waals surface area contributed by atoms with Gasteiger partial charge < -0.3 is 10.0 Å². The molecule has 0 amide bonds. The quantitative estimate of drug-likeness (QED) is 0.861. The van der Waals surface area contributed by atoms with Crippen LogP contribution in [0, 0.1) is 6.92 Å². The zero-order valence-corrected chi connectivity index (χ0v) is 14.6. The number of likely N-dealkylation sites (N-methyl/N-ethyl adjacent to an activating group) is 1. The molecule has 3 nitrogen and oxygen atoms in total. The zero-order chi connectivity index (χ0) is 16.8. The third-order valence-electron chi connectivity index (χ3n) is 5.14. The van der Waals surface area contributed by atoms with Gasteiger partial charge in [-0.1, -0.05) is 38.1 Å². The maximum atomic E-state index is 10.2. The molecular weight excluding hydrogens is 284 g/mol. The number of anilines is 1. The second kappa shape index (κ2) is 5.41. The summed E-state index contributed by atoms with van der Waals surface area (Å²) < 4.78 is 2.06. The third-order valence-corrected chi connectivity index (χ3v) is 5.14. The Hall–Kier alpha value is -2.29. The molecule has 1 aromatic carbocycles. The fourth-order valence-electron chi connectivity index (χ4n) is 3.60. The van der Waals surface area contributed by atoms with Crippen molar-refractivity contribution in [1.82, 2.24) is 0 Å². The highest BCUT2D eigenvalue weighted by Gasteiger charge is 2.38. The Morgan fingerprint density at radius 1 is 1.17 bits per heavy atom. The Bertz CT molecular complexity index is 790. The Morgan fingerprint density at radius 2 is 1.87 bits per heavy atom.